The van der Waals surface area contributed by atoms with Gasteiger partial charge in [-0.2, -0.15) is 0 Å². The number of urea groups is 1. The molecule has 0 aromatic carbocycles. The van der Waals surface area contributed by atoms with E-state index < -0.39 is 17.7 Å². The topological polar surface area (TPSA) is 100 Å². The number of carbonyl (C=O) groups excluding carboxylic acids is 2. The van der Waals surface area contributed by atoms with Crippen molar-refractivity contribution in [3.63, 3.8) is 0 Å². The molecule has 0 aliphatic heterocycles. The maximum absolute atomic E-state index is 11.1. The summed E-state index contributed by atoms with van der Waals surface area (Å²) in [6, 6.07) is -0.724. The maximum atomic E-state index is 11.1. The Morgan fingerprint density at radius 2 is 2.13 bits per heavy atom. The number of hydrogen-bond acceptors (Lipinski definition) is 5. The second-order valence-electron chi connectivity index (χ2n) is 2.41. The zero-order chi connectivity index (χ0) is 11.7. The van der Waals surface area contributed by atoms with Crippen LogP contribution in [0.25, 0.3) is 0 Å². The van der Waals surface area contributed by atoms with Crippen molar-refractivity contribution in [2.75, 3.05) is 13.7 Å². The number of esters is 1. The Balaban J connectivity index is 4.32. The molecule has 0 aromatic heterocycles. The van der Waals surface area contributed by atoms with E-state index in [1.165, 1.54) is 7.05 Å². The maximum Gasteiger partial charge on any atom is 0.362 e. The number of azo groups is 1. The fourth-order valence-corrected chi connectivity index (χ4v) is 0.537. The standard InChI is InChI=1S/C8H13N3O4/c1-3-4-15-7(13)6(5-12)10-11-8(14)9-2/h5,12H,3-4H2,1-2H3,(H,9,14). The first kappa shape index (κ1) is 13.1. The molecule has 0 bridgehead atoms. The lowest BCUT2D eigenvalue weighted by Crippen LogP contribution is -2.13. The van der Waals surface area contributed by atoms with E-state index in [0.29, 0.717) is 12.7 Å². The summed E-state index contributed by atoms with van der Waals surface area (Å²) in [7, 11) is 1.36. The molecule has 0 atom stereocenters. The van der Waals surface area contributed by atoms with Crippen molar-refractivity contribution in [2.24, 2.45) is 10.2 Å². The van der Waals surface area contributed by atoms with Gasteiger partial charge in [0.1, 0.15) is 6.26 Å². The molecule has 0 saturated heterocycles. The van der Waals surface area contributed by atoms with Crippen LogP contribution < -0.4 is 5.32 Å². The van der Waals surface area contributed by atoms with E-state index >= 15 is 0 Å². The molecule has 0 aromatic rings. The zero-order valence-corrected chi connectivity index (χ0v) is 8.56. The SMILES string of the molecule is CCCOC(=O)C(=CO)N=NC(=O)NC. The van der Waals surface area contributed by atoms with E-state index in [1.54, 1.807) is 0 Å². The van der Waals surface area contributed by atoms with Crippen LogP contribution in [0.5, 0.6) is 0 Å². The summed E-state index contributed by atoms with van der Waals surface area (Å²) in [4.78, 5) is 21.7. The number of nitrogens with zero attached hydrogens (tertiary/aromatic N) is 2. The second kappa shape index (κ2) is 7.48. The minimum absolute atomic E-state index is 0.214. The Bertz CT molecular complexity index is 286. The molecule has 0 spiro atoms. The van der Waals surface area contributed by atoms with Crippen LogP contribution in [-0.2, 0) is 9.53 Å². The molecule has 0 saturated carbocycles. The first-order valence-corrected chi connectivity index (χ1v) is 4.30. The lowest BCUT2D eigenvalue weighted by molar-refractivity contribution is -0.139. The molecule has 2 N–H and O–H groups in total. The Kier molecular flexibility index (Phi) is 6.52. The first-order chi connectivity index (χ1) is 7.15. The highest BCUT2D eigenvalue weighted by atomic mass is 16.5. The number of aliphatic hydroxyl groups is 1. The van der Waals surface area contributed by atoms with Gasteiger partial charge >= 0.3 is 12.0 Å². The number of nitrogens with one attached hydrogen (secondary N) is 1. The quantitative estimate of drug-likeness (QED) is 0.317. The van der Waals surface area contributed by atoms with Crippen LogP contribution in [0.15, 0.2) is 22.2 Å². The van der Waals surface area contributed by atoms with Gasteiger partial charge in [0.15, 0.2) is 0 Å². The van der Waals surface area contributed by atoms with Gasteiger partial charge in [0, 0.05) is 7.05 Å². The van der Waals surface area contributed by atoms with Crippen LogP contribution in [-0.4, -0.2) is 30.8 Å². The highest BCUT2D eigenvalue weighted by Crippen LogP contribution is 2.00. The summed E-state index contributed by atoms with van der Waals surface area (Å²) < 4.78 is 4.66. The second-order valence-corrected chi connectivity index (χ2v) is 2.41. The largest absolute Gasteiger partial charge is 0.513 e. The third-order valence-electron chi connectivity index (χ3n) is 1.23. The molecule has 0 unspecified atom stereocenters. The van der Waals surface area contributed by atoms with E-state index in [9.17, 15) is 9.59 Å². The number of hydrogen-bond donors (Lipinski definition) is 2. The molecule has 0 fully saturated rings. The van der Waals surface area contributed by atoms with Gasteiger partial charge in [0.25, 0.3) is 0 Å². The minimum Gasteiger partial charge on any atom is -0.513 e. The highest BCUT2D eigenvalue weighted by Gasteiger charge is 2.10. The summed E-state index contributed by atoms with van der Waals surface area (Å²) in [6.45, 7) is 2.04. The van der Waals surface area contributed by atoms with Crippen molar-refractivity contribution in [1.82, 2.24) is 5.32 Å². The van der Waals surface area contributed by atoms with Gasteiger partial charge < -0.3 is 15.2 Å². The van der Waals surface area contributed by atoms with Gasteiger partial charge in [-0.05, 0) is 6.42 Å². The molecule has 7 nitrogen and oxygen atoms in total. The van der Waals surface area contributed by atoms with Crippen molar-refractivity contribution in [2.45, 2.75) is 13.3 Å². The normalized spacial score (nSPS) is 11.5. The number of carbonyl (C=O) groups is 2. The summed E-state index contributed by atoms with van der Waals surface area (Å²) in [5, 5.41) is 17.1. The average Bonchev–Trinajstić information content (AvgIpc) is 2.26. The number of ether oxygens (including phenoxy) is 1. The van der Waals surface area contributed by atoms with Gasteiger partial charge in [0.05, 0.1) is 6.61 Å². The van der Waals surface area contributed by atoms with Crippen LogP contribution in [0.1, 0.15) is 13.3 Å². The number of amides is 2. The minimum atomic E-state index is -0.827. The molecular formula is C8H13N3O4. The Morgan fingerprint density at radius 3 is 2.60 bits per heavy atom. The molecule has 15 heavy (non-hydrogen) atoms. The monoisotopic (exact) mass is 215 g/mol. The fourth-order valence-electron chi connectivity index (χ4n) is 0.537. The van der Waals surface area contributed by atoms with Gasteiger partial charge in [-0.25, -0.2) is 9.59 Å². The third kappa shape index (κ3) is 5.40. The third-order valence-corrected chi connectivity index (χ3v) is 1.23. The Morgan fingerprint density at radius 1 is 1.47 bits per heavy atom. The fraction of sp³-hybridized carbons (Fsp3) is 0.500. The van der Waals surface area contributed by atoms with Gasteiger partial charge in [-0.3, -0.25) is 0 Å². The van der Waals surface area contributed by atoms with Crippen molar-refractivity contribution in [1.29, 1.82) is 0 Å². The van der Waals surface area contributed by atoms with Crippen LogP contribution in [0, 0.1) is 0 Å². The summed E-state index contributed by atoms with van der Waals surface area (Å²) >= 11 is 0. The van der Waals surface area contributed by atoms with Crippen LogP contribution >= 0.6 is 0 Å². The number of rotatable bonds is 4. The highest BCUT2D eigenvalue weighted by molar-refractivity contribution is 5.88. The predicted octanol–water partition coefficient (Wildman–Crippen LogP) is 1.13. The molecule has 84 valence electrons. The van der Waals surface area contributed by atoms with Gasteiger partial charge in [-0.1, -0.05) is 12.0 Å². The predicted molar refractivity (Wildman–Crippen MR) is 51.3 cm³/mol. The van der Waals surface area contributed by atoms with E-state index in [0.717, 1.165) is 0 Å². The van der Waals surface area contributed by atoms with Crippen LogP contribution in [0.3, 0.4) is 0 Å². The van der Waals surface area contributed by atoms with E-state index in [1.807, 2.05) is 6.92 Å². The van der Waals surface area contributed by atoms with Crippen LogP contribution in [0.2, 0.25) is 0 Å². The van der Waals surface area contributed by atoms with Crippen LogP contribution in [0.4, 0.5) is 4.79 Å². The van der Waals surface area contributed by atoms with E-state index in [4.69, 9.17) is 5.11 Å². The van der Waals surface area contributed by atoms with Gasteiger partial charge in [-0.15, -0.1) is 5.11 Å². The summed E-state index contributed by atoms with van der Waals surface area (Å²) in [5.74, 6) is -0.827. The average molecular weight is 215 g/mol. The molecule has 2 amide bonds. The van der Waals surface area contributed by atoms with Crippen molar-refractivity contribution >= 4 is 12.0 Å². The summed E-state index contributed by atoms with van der Waals surface area (Å²) in [6.07, 6.45) is 1.08. The zero-order valence-electron chi connectivity index (χ0n) is 8.56. The molecule has 0 aliphatic rings. The van der Waals surface area contributed by atoms with E-state index in [-0.39, 0.29) is 6.61 Å². The lowest BCUT2D eigenvalue weighted by Gasteiger charge is -2.00. The molecular weight excluding hydrogens is 202 g/mol. The Hall–Kier alpha value is -1.92. The van der Waals surface area contributed by atoms with Crippen molar-refractivity contribution < 1.29 is 19.4 Å². The van der Waals surface area contributed by atoms with Gasteiger partial charge in [0.2, 0.25) is 5.70 Å². The smallest absolute Gasteiger partial charge is 0.362 e. The molecule has 0 heterocycles. The van der Waals surface area contributed by atoms with Crippen molar-refractivity contribution in [3.8, 4) is 0 Å². The molecule has 7 heteroatoms. The molecule has 0 aliphatic carbocycles. The molecule has 0 rings (SSSR count). The first-order valence-electron chi connectivity index (χ1n) is 4.30. The van der Waals surface area contributed by atoms with Crippen molar-refractivity contribution in [3.05, 3.63) is 12.0 Å². The lowest BCUT2D eigenvalue weighted by atomic mass is 10.5. The summed E-state index contributed by atoms with van der Waals surface area (Å²) in [5.41, 5.74) is -0.424. The Labute approximate surface area is 86.8 Å². The molecule has 0 radical (unpaired) electrons. The van der Waals surface area contributed by atoms with E-state index in [2.05, 4.69) is 20.3 Å². The number of aliphatic hydroxyl groups excluding tert-OH is 1.